The highest BCUT2D eigenvalue weighted by atomic mass is 79.9. The minimum atomic E-state index is -0.302. The summed E-state index contributed by atoms with van der Waals surface area (Å²) in [5.41, 5.74) is 6.78. The lowest BCUT2D eigenvalue weighted by atomic mass is 9.95. The molecule has 1 aromatic rings. The number of rotatable bonds is 3. The SMILES string of the molecule is COc1c(C2(CN)CC2)ccc(F)c1Br. The third kappa shape index (κ3) is 1.66. The fraction of sp³-hybridized carbons (Fsp3) is 0.455. The van der Waals surface area contributed by atoms with Gasteiger partial charge in [-0.1, -0.05) is 6.07 Å². The summed E-state index contributed by atoms with van der Waals surface area (Å²) in [5, 5.41) is 0. The summed E-state index contributed by atoms with van der Waals surface area (Å²) in [6.45, 7) is 0.585. The Hall–Kier alpha value is -0.610. The van der Waals surface area contributed by atoms with Gasteiger partial charge in [0.15, 0.2) is 0 Å². The van der Waals surface area contributed by atoms with Crippen molar-refractivity contribution in [3.05, 3.63) is 28.0 Å². The van der Waals surface area contributed by atoms with Crippen LogP contribution < -0.4 is 10.5 Å². The van der Waals surface area contributed by atoms with Gasteiger partial charge in [0.25, 0.3) is 0 Å². The first kappa shape index (κ1) is 10.9. The van der Waals surface area contributed by atoms with Crippen LogP contribution in [0.3, 0.4) is 0 Å². The van der Waals surface area contributed by atoms with E-state index in [1.54, 1.807) is 13.2 Å². The van der Waals surface area contributed by atoms with E-state index in [-0.39, 0.29) is 11.2 Å². The molecule has 0 radical (unpaired) electrons. The van der Waals surface area contributed by atoms with Crippen LogP contribution in [0, 0.1) is 5.82 Å². The molecule has 15 heavy (non-hydrogen) atoms. The second-order valence-corrected chi connectivity index (χ2v) is 4.72. The van der Waals surface area contributed by atoms with E-state index in [4.69, 9.17) is 10.5 Å². The van der Waals surface area contributed by atoms with Crippen molar-refractivity contribution in [1.29, 1.82) is 0 Å². The van der Waals surface area contributed by atoms with Crippen molar-refractivity contribution in [3.8, 4) is 5.75 Å². The Morgan fingerprint density at radius 3 is 2.67 bits per heavy atom. The Labute approximate surface area is 96.7 Å². The number of halogens is 2. The van der Waals surface area contributed by atoms with Gasteiger partial charge in [0.1, 0.15) is 11.6 Å². The largest absolute Gasteiger partial charge is 0.495 e. The van der Waals surface area contributed by atoms with Gasteiger partial charge >= 0.3 is 0 Å². The van der Waals surface area contributed by atoms with Gasteiger partial charge in [0.05, 0.1) is 11.6 Å². The standard InChI is InChI=1S/C11H13BrFNO/c1-15-10-7(11(6-14)4-5-11)2-3-8(13)9(10)12/h2-3H,4-6,14H2,1H3. The quantitative estimate of drug-likeness (QED) is 0.919. The molecule has 0 aliphatic heterocycles. The summed E-state index contributed by atoms with van der Waals surface area (Å²) in [7, 11) is 1.55. The minimum Gasteiger partial charge on any atom is -0.495 e. The first-order valence-electron chi connectivity index (χ1n) is 4.87. The van der Waals surface area contributed by atoms with Crippen molar-refractivity contribution in [2.75, 3.05) is 13.7 Å². The molecular weight excluding hydrogens is 261 g/mol. The minimum absolute atomic E-state index is 0.0154. The maximum Gasteiger partial charge on any atom is 0.141 e. The second-order valence-electron chi connectivity index (χ2n) is 3.93. The Morgan fingerprint density at radius 2 is 2.20 bits per heavy atom. The summed E-state index contributed by atoms with van der Waals surface area (Å²) >= 11 is 3.20. The van der Waals surface area contributed by atoms with Crippen LogP contribution in [0.25, 0.3) is 0 Å². The molecule has 0 heterocycles. The predicted molar refractivity (Wildman–Crippen MR) is 60.6 cm³/mol. The highest BCUT2D eigenvalue weighted by Crippen LogP contribution is 2.52. The lowest BCUT2D eigenvalue weighted by molar-refractivity contribution is 0.397. The number of hydrogen-bond donors (Lipinski definition) is 1. The highest BCUT2D eigenvalue weighted by Gasteiger charge is 2.45. The van der Waals surface area contributed by atoms with Crippen LogP contribution in [0.4, 0.5) is 4.39 Å². The average Bonchev–Trinajstić information content (AvgIpc) is 3.02. The first-order chi connectivity index (χ1) is 7.14. The predicted octanol–water partition coefficient (Wildman–Crippen LogP) is 2.59. The van der Waals surface area contributed by atoms with Crippen LogP contribution >= 0.6 is 15.9 Å². The third-order valence-corrected chi connectivity index (χ3v) is 3.81. The van der Waals surface area contributed by atoms with Crippen LogP contribution in [0.5, 0.6) is 5.75 Å². The van der Waals surface area contributed by atoms with Crippen molar-refractivity contribution in [2.24, 2.45) is 5.73 Å². The number of methoxy groups -OCH3 is 1. The van der Waals surface area contributed by atoms with Gasteiger partial charge in [-0.15, -0.1) is 0 Å². The van der Waals surface area contributed by atoms with Gasteiger partial charge < -0.3 is 10.5 Å². The molecular formula is C11H13BrFNO. The van der Waals surface area contributed by atoms with Crippen molar-refractivity contribution in [1.82, 2.24) is 0 Å². The molecule has 0 unspecified atom stereocenters. The van der Waals surface area contributed by atoms with Crippen LogP contribution in [0.15, 0.2) is 16.6 Å². The highest BCUT2D eigenvalue weighted by molar-refractivity contribution is 9.10. The molecule has 82 valence electrons. The van der Waals surface area contributed by atoms with E-state index in [9.17, 15) is 4.39 Å². The van der Waals surface area contributed by atoms with Crippen LogP contribution in [0.1, 0.15) is 18.4 Å². The molecule has 2 N–H and O–H groups in total. The number of nitrogens with two attached hydrogens (primary N) is 1. The Kier molecular flexibility index (Phi) is 2.73. The fourth-order valence-corrected chi connectivity index (χ4v) is 2.39. The molecule has 0 amide bonds. The molecule has 1 aliphatic carbocycles. The Morgan fingerprint density at radius 1 is 1.53 bits per heavy atom. The summed E-state index contributed by atoms with van der Waals surface area (Å²) in [5.74, 6) is 0.279. The van der Waals surface area contributed by atoms with Gasteiger partial charge in [-0.25, -0.2) is 4.39 Å². The molecule has 4 heteroatoms. The van der Waals surface area contributed by atoms with Crippen LogP contribution in [0.2, 0.25) is 0 Å². The van der Waals surface area contributed by atoms with E-state index >= 15 is 0 Å². The summed E-state index contributed by atoms with van der Waals surface area (Å²) < 4.78 is 18.9. The monoisotopic (exact) mass is 273 g/mol. The fourth-order valence-electron chi connectivity index (χ4n) is 1.88. The number of benzene rings is 1. The number of ether oxygens (including phenoxy) is 1. The van der Waals surface area contributed by atoms with Gasteiger partial charge in [0.2, 0.25) is 0 Å². The van der Waals surface area contributed by atoms with E-state index in [1.165, 1.54) is 6.07 Å². The molecule has 2 nitrogen and oxygen atoms in total. The molecule has 1 aliphatic rings. The summed E-state index contributed by atoms with van der Waals surface area (Å²) in [6, 6.07) is 3.23. The Balaban J connectivity index is 2.52. The van der Waals surface area contributed by atoms with Crippen molar-refractivity contribution >= 4 is 15.9 Å². The van der Waals surface area contributed by atoms with E-state index in [0.717, 1.165) is 18.4 Å². The lowest BCUT2D eigenvalue weighted by Gasteiger charge is -2.18. The summed E-state index contributed by atoms with van der Waals surface area (Å²) in [4.78, 5) is 0. The molecule has 1 saturated carbocycles. The average molecular weight is 274 g/mol. The molecule has 2 rings (SSSR count). The zero-order valence-corrected chi connectivity index (χ0v) is 10.1. The molecule has 0 bridgehead atoms. The topological polar surface area (TPSA) is 35.2 Å². The zero-order valence-electron chi connectivity index (χ0n) is 8.52. The molecule has 0 aromatic heterocycles. The smallest absolute Gasteiger partial charge is 0.141 e. The van der Waals surface area contributed by atoms with Crippen molar-refractivity contribution in [2.45, 2.75) is 18.3 Å². The maximum absolute atomic E-state index is 13.3. The van der Waals surface area contributed by atoms with Gasteiger partial charge in [-0.05, 0) is 34.8 Å². The molecule has 0 saturated heterocycles. The molecule has 0 atom stereocenters. The number of hydrogen-bond acceptors (Lipinski definition) is 2. The lowest BCUT2D eigenvalue weighted by Crippen LogP contribution is -2.20. The van der Waals surface area contributed by atoms with Gasteiger partial charge in [-0.2, -0.15) is 0 Å². The van der Waals surface area contributed by atoms with E-state index < -0.39 is 0 Å². The maximum atomic E-state index is 13.3. The van der Waals surface area contributed by atoms with Crippen molar-refractivity contribution < 1.29 is 9.13 Å². The zero-order chi connectivity index (χ0) is 11.1. The summed E-state index contributed by atoms with van der Waals surface area (Å²) in [6.07, 6.45) is 2.11. The van der Waals surface area contributed by atoms with Crippen molar-refractivity contribution in [3.63, 3.8) is 0 Å². The third-order valence-electron chi connectivity index (χ3n) is 3.07. The molecule has 1 aromatic carbocycles. The van der Waals surface area contributed by atoms with Crippen LogP contribution in [-0.2, 0) is 5.41 Å². The second kappa shape index (κ2) is 3.76. The molecule has 0 spiro atoms. The van der Waals surface area contributed by atoms with Gasteiger partial charge in [-0.3, -0.25) is 0 Å². The first-order valence-corrected chi connectivity index (χ1v) is 5.66. The van der Waals surface area contributed by atoms with Crippen LogP contribution in [-0.4, -0.2) is 13.7 Å². The van der Waals surface area contributed by atoms with E-state index in [2.05, 4.69) is 15.9 Å². The van der Waals surface area contributed by atoms with E-state index in [0.29, 0.717) is 16.8 Å². The van der Waals surface area contributed by atoms with E-state index in [1.807, 2.05) is 0 Å². The molecule has 1 fully saturated rings. The Bertz CT molecular complexity index is 390. The normalized spacial score (nSPS) is 17.6. The van der Waals surface area contributed by atoms with Gasteiger partial charge in [0, 0.05) is 17.5 Å².